The van der Waals surface area contributed by atoms with Crippen molar-refractivity contribution in [2.45, 2.75) is 38.8 Å². The van der Waals surface area contributed by atoms with Crippen molar-refractivity contribution in [3.63, 3.8) is 0 Å². The van der Waals surface area contributed by atoms with Gasteiger partial charge in [0.05, 0.1) is 6.54 Å². The highest BCUT2D eigenvalue weighted by molar-refractivity contribution is 6.39. The predicted octanol–water partition coefficient (Wildman–Crippen LogP) is 1.76. The second kappa shape index (κ2) is 7.74. The second-order valence-electron chi connectivity index (χ2n) is 7.01. The van der Waals surface area contributed by atoms with Crippen LogP contribution in [0.2, 0.25) is 0 Å². The van der Waals surface area contributed by atoms with Crippen LogP contribution in [-0.4, -0.2) is 53.6 Å². The first-order valence-corrected chi connectivity index (χ1v) is 8.27. The van der Waals surface area contributed by atoms with Gasteiger partial charge in [-0.2, -0.15) is 5.10 Å². The third kappa shape index (κ3) is 5.09. The lowest BCUT2D eigenvalue weighted by Gasteiger charge is -2.33. The zero-order valence-electron chi connectivity index (χ0n) is 15.2. The molecule has 0 bridgehead atoms. The molecule has 0 saturated carbocycles. The summed E-state index contributed by atoms with van der Waals surface area (Å²) in [6.45, 7) is 4.75. The van der Waals surface area contributed by atoms with Crippen LogP contribution in [0.1, 0.15) is 32.3 Å². The molecule has 1 aliphatic heterocycles. The van der Waals surface area contributed by atoms with Gasteiger partial charge in [0, 0.05) is 24.9 Å². The summed E-state index contributed by atoms with van der Waals surface area (Å²) >= 11 is 0. The molecule has 7 heteroatoms. The van der Waals surface area contributed by atoms with E-state index in [9.17, 15) is 14.0 Å². The lowest BCUT2D eigenvalue weighted by Crippen LogP contribution is -2.50. The van der Waals surface area contributed by atoms with Gasteiger partial charge in [-0.3, -0.25) is 9.59 Å². The Balaban J connectivity index is 2.03. The van der Waals surface area contributed by atoms with Crippen LogP contribution in [0.5, 0.6) is 0 Å². The van der Waals surface area contributed by atoms with E-state index >= 15 is 0 Å². The third-order valence-electron chi connectivity index (χ3n) is 4.50. The Morgan fingerprint density at radius 2 is 1.92 bits per heavy atom. The van der Waals surface area contributed by atoms with Gasteiger partial charge in [0.25, 0.3) is 5.91 Å². The third-order valence-corrected chi connectivity index (χ3v) is 4.50. The van der Waals surface area contributed by atoms with Gasteiger partial charge in [-0.05, 0) is 45.6 Å². The van der Waals surface area contributed by atoms with E-state index in [-0.39, 0.29) is 36.1 Å². The van der Waals surface area contributed by atoms with E-state index in [1.807, 2.05) is 32.8 Å². The molecule has 0 fully saturated rings. The molecule has 0 saturated heterocycles. The molecule has 2 rings (SSSR count). The van der Waals surface area contributed by atoms with Crippen molar-refractivity contribution in [2.24, 2.45) is 5.10 Å². The molecule has 1 heterocycles. The highest BCUT2D eigenvalue weighted by Gasteiger charge is 2.26. The van der Waals surface area contributed by atoms with E-state index in [0.29, 0.717) is 18.7 Å². The standard InChI is InChI=1S/C18H25FN4O2/c1-18(2,22(3)4)12-20-17(25)15-9-10-16(24)23(21-15)11-13-5-7-14(19)8-6-13/h5-8H,9-12H2,1-4H3,(H,20,25). The van der Waals surface area contributed by atoms with Crippen molar-refractivity contribution < 1.29 is 14.0 Å². The van der Waals surface area contributed by atoms with E-state index < -0.39 is 0 Å². The zero-order valence-corrected chi connectivity index (χ0v) is 15.2. The maximum absolute atomic E-state index is 13.0. The number of amides is 2. The molecule has 0 aliphatic carbocycles. The van der Waals surface area contributed by atoms with Crippen molar-refractivity contribution in [1.82, 2.24) is 15.2 Å². The molecule has 0 atom stereocenters. The number of likely N-dealkylation sites (N-methyl/N-ethyl adjacent to an activating group) is 1. The topological polar surface area (TPSA) is 65.0 Å². The largest absolute Gasteiger partial charge is 0.349 e. The maximum atomic E-state index is 13.0. The molecule has 1 aliphatic rings. The predicted molar refractivity (Wildman–Crippen MR) is 94.4 cm³/mol. The fourth-order valence-corrected chi connectivity index (χ4v) is 2.21. The highest BCUT2D eigenvalue weighted by atomic mass is 19.1. The smallest absolute Gasteiger partial charge is 0.267 e. The summed E-state index contributed by atoms with van der Waals surface area (Å²) in [5.41, 5.74) is 0.916. The fraction of sp³-hybridized carbons (Fsp3) is 0.500. The van der Waals surface area contributed by atoms with Crippen LogP contribution in [0.15, 0.2) is 29.4 Å². The SMILES string of the molecule is CN(C)C(C)(C)CNC(=O)C1=NN(Cc2ccc(F)cc2)C(=O)CC1. The number of benzene rings is 1. The summed E-state index contributed by atoms with van der Waals surface area (Å²) < 4.78 is 13.0. The quantitative estimate of drug-likeness (QED) is 0.852. The summed E-state index contributed by atoms with van der Waals surface area (Å²) in [4.78, 5) is 26.4. The van der Waals surface area contributed by atoms with E-state index in [2.05, 4.69) is 10.4 Å². The number of hydrogen-bond acceptors (Lipinski definition) is 4. The summed E-state index contributed by atoms with van der Waals surface area (Å²) in [5.74, 6) is -0.734. The van der Waals surface area contributed by atoms with E-state index in [1.165, 1.54) is 17.1 Å². The number of rotatable bonds is 6. The summed E-state index contributed by atoms with van der Waals surface area (Å²) in [6, 6.07) is 5.88. The van der Waals surface area contributed by atoms with Crippen molar-refractivity contribution in [3.05, 3.63) is 35.6 Å². The Hall–Kier alpha value is -2.28. The van der Waals surface area contributed by atoms with Crippen molar-refractivity contribution in [3.8, 4) is 0 Å². The zero-order chi connectivity index (χ0) is 18.6. The summed E-state index contributed by atoms with van der Waals surface area (Å²) in [7, 11) is 3.90. The fourth-order valence-electron chi connectivity index (χ4n) is 2.21. The first-order valence-electron chi connectivity index (χ1n) is 8.27. The van der Waals surface area contributed by atoms with Crippen LogP contribution in [0.3, 0.4) is 0 Å². The molecular formula is C18H25FN4O2. The van der Waals surface area contributed by atoms with E-state index in [4.69, 9.17) is 0 Å². The molecule has 0 unspecified atom stereocenters. The number of hydrogen-bond donors (Lipinski definition) is 1. The number of nitrogens with one attached hydrogen (secondary N) is 1. The minimum atomic E-state index is -0.333. The van der Waals surface area contributed by atoms with Gasteiger partial charge in [-0.15, -0.1) is 0 Å². The van der Waals surface area contributed by atoms with E-state index in [1.54, 1.807) is 12.1 Å². The first kappa shape index (κ1) is 19.1. The molecule has 1 N–H and O–H groups in total. The van der Waals surface area contributed by atoms with Crippen LogP contribution in [0, 0.1) is 5.82 Å². The van der Waals surface area contributed by atoms with Gasteiger partial charge < -0.3 is 10.2 Å². The first-order chi connectivity index (χ1) is 11.7. The Morgan fingerprint density at radius 3 is 2.52 bits per heavy atom. The maximum Gasteiger partial charge on any atom is 0.267 e. The normalized spacial score (nSPS) is 15.4. The van der Waals surface area contributed by atoms with Gasteiger partial charge in [0.1, 0.15) is 11.5 Å². The molecule has 0 aromatic heterocycles. The Morgan fingerprint density at radius 1 is 1.28 bits per heavy atom. The molecule has 1 aromatic rings. The molecule has 6 nitrogen and oxygen atoms in total. The molecular weight excluding hydrogens is 323 g/mol. The van der Waals surface area contributed by atoms with Crippen LogP contribution in [0.25, 0.3) is 0 Å². The Labute approximate surface area is 147 Å². The monoisotopic (exact) mass is 348 g/mol. The number of hydrazone groups is 1. The van der Waals surface area contributed by atoms with Crippen molar-refractivity contribution in [2.75, 3.05) is 20.6 Å². The van der Waals surface area contributed by atoms with Gasteiger partial charge in [-0.1, -0.05) is 12.1 Å². The number of carbonyl (C=O) groups excluding carboxylic acids is 2. The average Bonchev–Trinajstić information content (AvgIpc) is 2.56. The van der Waals surface area contributed by atoms with Crippen LogP contribution >= 0.6 is 0 Å². The number of halogens is 1. The highest BCUT2D eigenvalue weighted by Crippen LogP contribution is 2.15. The van der Waals surface area contributed by atoms with Crippen LogP contribution in [-0.2, 0) is 16.1 Å². The average molecular weight is 348 g/mol. The minimum Gasteiger partial charge on any atom is -0.349 e. The minimum absolute atomic E-state index is 0.144. The van der Waals surface area contributed by atoms with Gasteiger partial charge >= 0.3 is 0 Å². The van der Waals surface area contributed by atoms with E-state index in [0.717, 1.165) is 5.56 Å². The van der Waals surface area contributed by atoms with Crippen molar-refractivity contribution in [1.29, 1.82) is 0 Å². The molecule has 1 aromatic carbocycles. The van der Waals surface area contributed by atoms with Gasteiger partial charge in [0.15, 0.2) is 0 Å². The van der Waals surface area contributed by atoms with Gasteiger partial charge in [0.2, 0.25) is 5.91 Å². The Bertz CT molecular complexity index is 668. The molecule has 25 heavy (non-hydrogen) atoms. The lowest BCUT2D eigenvalue weighted by molar-refractivity contribution is -0.132. The number of carbonyl (C=O) groups is 2. The van der Waals surface area contributed by atoms with Crippen LogP contribution in [0.4, 0.5) is 4.39 Å². The van der Waals surface area contributed by atoms with Crippen LogP contribution < -0.4 is 5.32 Å². The molecule has 2 amide bonds. The molecule has 136 valence electrons. The van der Waals surface area contributed by atoms with Crippen molar-refractivity contribution >= 4 is 17.5 Å². The molecule has 0 spiro atoms. The second-order valence-corrected chi connectivity index (χ2v) is 7.01. The van der Waals surface area contributed by atoms with Gasteiger partial charge in [-0.25, -0.2) is 9.40 Å². The Kier molecular flexibility index (Phi) is 5.89. The molecule has 0 radical (unpaired) electrons. The lowest BCUT2D eigenvalue weighted by atomic mass is 10.0. The summed E-state index contributed by atoms with van der Waals surface area (Å²) in [5, 5.41) is 8.37. The summed E-state index contributed by atoms with van der Waals surface area (Å²) in [6.07, 6.45) is 0.567. The number of nitrogens with zero attached hydrogens (tertiary/aromatic N) is 3.